The van der Waals surface area contributed by atoms with E-state index in [1.165, 1.54) is 4.80 Å². The first-order valence-electron chi connectivity index (χ1n) is 8.43. The maximum absolute atomic E-state index is 12.3. The minimum absolute atomic E-state index is 0.0610. The Morgan fingerprint density at radius 1 is 1.39 bits per heavy atom. The van der Waals surface area contributed by atoms with Gasteiger partial charge in [0.2, 0.25) is 0 Å². The maximum atomic E-state index is 12.3. The summed E-state index contributed by atoms with van der Waals surface area (Å²) in [6, 6.07) is -2.24. The Kier molecular flexibility index (Phi) is 6.04. The summed E-state index contributed by atoms with van der Waals surface area (Å²) < 4.78 is 34.8. The van der Waals surface area contributed by atoms with E-state index in [4.69, 9.17) is 15.1 Å². The second kappa shape index (κ2) is 8.31. The predicted molar refractivity (Wildman–Crippen MR) is 88.1 cm³/mol. The quantitative estimate of drug-likeness (QED) is 0.212. The van der Waals surface area contributed by atoms with Crippen LogP contribution in [-0.2, 0) is 37.3 Å². The van der Waals surface area contributed by atoms with Crippen molar-refractivity contribution >= 4 is 22.3 Å². The molecule has 2 bridgehead atoms. The highest BCUT2D eigenvalue weighted by Gasteiger charge is 2.49. The average Bonchev–Trinajstić information content (AvgIpc) is 3.17. The number of rotatable bonds is 9. The Bertz CT molecular complexity index is 830. The first-order chi connectivity index (χ1) is 13.3. The Morgan fingerprint density at radius 2 is 2.18 bits per heavy atom. The highest BCUT2D eigenvalue weighted by molar-refractivity contribution is 7.80. The van der Waals surface area contributed by atoms with Crippen LogP contribution < -0.4 is 11.2 Å². The molecule has 4 N–H and O–H groups in total. The number of carbonyl (C=O) groups is 2. The topological polar surface area (TPSA) is 195 Å². The van der Waals surface area contributed by atoms with Gasteiger partial charge in [-0.1, -0.05) is 0 Å². The summed E-state index contributed by atoms with van der Waals surface area (Å²) in [5.74, 6) is -0.0524. The maximum Gasteiger partial charge on any atom is 0.418 e. The molecule has 156 valence electrons. The zero-order chi connectivity index (χ0) is 20.3. The van der Waals surface area contributed by atoms with Crippen molar-refractivity contribution in [3.63, 3.8) is 0 Å². The molecule has 3 amide bonds. The van der Waals surface area contributed by atoms with Gasteiger partial charge in [0.15, 0.2) is 5.82 Å². The molecule has 2 fully saturated rings. The van der Waals surface area contributed by atoms with Gasteiger partial charge >= 0.3 is 16.4 Å². The third-order valence-electron chi connectivity index (χ3n) is 4.23. The van der Waals surface area contributed by atoms with Crippen molar-refractivity contribution in [3.8, 4) is 0 Å². The number of tetrazole rings is 1. The molecule has 28 heavy (non-hydrogen) atoms. The standard InChI is InChI=1S/C12H20N8O7S/c13-4-3-10-14-17-19(15-10)5-6-26-16-11(21)9-2-1-8-7-18(9)12(22)20(8)27-28(23,24)25/h8-9H,1-7,13H2,(H,16,21)(H,23,24,25). The summed E-state index contributed by atoms with van der Waals surface area (Å²) in [5.41, 5.74) is 7.65. The Morgan fingerprint density at radius 3 is 2.89 bits per heavy atom. The number of nitrogens with zero attached hydrogens (tertiary/aromatic N) is 6. The number of piperidine rings is 1. The normalized spacial score (nSPS) is 22.0. The molecule has 3 heterocycles. The van der Waals surface area contributed by atoms with Gasteiger partial charge in [-0.25, -0.2) is 10.3 Å². The van der Waals surface area contributed by atoms with Crippen LogP contribution in [0.3, 0.4) is 0 Å². The zero-order valence-electron chi connectivity index (χ0n) is 14.7. The molecule has 2 aliphatic rings. The van der Waals surface area contributed by atoms with Crippen LogP contribution in [0.2, 0.25) is 0 Å². The molecule has 0 aliphatic carbocycles. The Labute approximate surface area is 159 Å². The van der Waals surface area contributed by atoms with E-state index in [9.17, 15) is 18.0 Å². The fraction of sp³-hybridized carbons (Fsp3) is 0.750. The molecule has 2 atom stereocenters. The second-order valence-electron chi connectivity index (χ2n) is 6.16. The predicted octanol–water partition coefficient (Wildman–Crippen LogP) is -2.77. The number of fused-ring (bicyclic) bond motifs is 2. The van der Waals surface area contributed by atoms with Crippen LogP contribution in [0.25, 0.3) is 0 Å². The molecule has 0 radical (unpaired) electrons. The molecular formula is C12H20N8O7S. The van der Waals surface area contributed by atoms with Crippen LogP contribution in [0.1, 0.15) is 18.7 Å². The van der Waals surface area contributed by atoms with E-state index in [1.54, 1.807) is 0 Å². The average molecular weight is 420 g/mol. The molecule has 0 spiro atoms. The number of hydrogen-bond acceptors (Lipinski definition) is 10. The number of hydrogen-bond donors (Lipinski definition) is 3. The number of amides is 3. The van der Waals surface area contributed by atoms with Crippen LogP contribution in [0, 0.1) is 0 Å². The lowest BCUT2D eigenvalue weighted by Crippen LogP contribution is -2.49. The fourth-order valence-electron chi connectivity index (χ4n) is 3.02. The Hall–Kier alpha value is -2.40. The van der Waals surface area contributed by atoms with E-state index in [2.05, 4.69) is 25.2 Å². The van der Waals surface area contributed by atoms with Crippen molar-refractivity contribution < 1.29 is 31.7 Å². The van der Waals surface area contributed by atoms with Crippen molar-refractivity contribution in [2.45, 2.75) is 37.9 Å². The number of nitrogens with one attached hydrogen (secondary N) is 1. The van der Waals surface area contributed by atoms with Gasteiger partial charge in [-0.05, 0) is 24.6 Å². The van der Waals surface area contributed by atoms with Gasteiger partial charge in [0, 0.05) is 13.0 Å². The number of hydroxylamine groups is 3. The van der Waals surface area contributed by atoms with Gasteiger partial charge in [0.25, 0.3) is 5.91 Å². The van der Waals surface area contributed by atoms with Crippen LogP contribution in [0.4, 0.5) is 4.79 Å². The summed E-state index contributed by atoms with van der Waals surface area (Å²) in [6.07, 6.45) is 1.11. The molecule has 0 aromatic carbocycles. The van der Waals surface area contributed by atoms with Crippen molar-refractivity contribution in [2.75, 3.05) is 19.7 Å². The van der Waals surface area contributed by atoms with E-state index in [0.29, 0.717) is 30.3 Å². The summed E-state index contributed by atoms with van der Waals surface area (Å²) in [5, 5.41) is 12.2. The molecule has 2 aliphatic heterocycles. The lowest BCUT2D eigenvalue weighted by molar-refractivity contribution is -0.139. The van der Waals surface area contributed by atoms with Gasteiger partial charge in [-0.15, -0.1) is 14.5 Å². The highest BCUT2D eigenvalue weighted by atomic mass is 32.3. The first-order valence-corrected chi connectivity index (χ1v) is 9.80. The van der Waals surface area contributed by atoms with Crippen molar-refractivity contribution in [1.29, 1.82) is 0 Å². The van der Waals surface area contributed by atoms with Crippen LogP contribution in [0.15, 0.2) is 0 Å². The number of urea groups is 1. The van der Waals surface area contributed by atoms with E-state index >= 15 is 0 Å². The van der Waals surface area contributed by atoms with Crippen LogP contribution in [-0.4, -0.2) is 86.9 Å². The van der Waals surface area contributed by atoms with Crippen molar-refractivity contribution in [2.24, 2.45) is 5.73 Å². The van der Waals surface area contributed by atoms with Gasteiger partial charge in [0.05, 0.1) is 19.2 Å². The smallest absolute Gasteiger partial charge is 0.330 e. The summed E-state index contributed by atoms with van der Waals surface area (Å²) >= 11 is 0. The first kappa shape index (κ1) is 20.3. The van der Waals surface area contributed by atoms with Gasteiger partial charge < -0.3 is 10.6 Å². The zero-order valence-corrected chi connectivity index (χ0v) is 15.5. The minimum atomic E-state index is -4.84. The third kappa shape index (κ3) is 4.71. The number of aromatic nitrogens is 4. The number of carbonyl (C=O) groups excluding carboxylic acids is 2. The lowest BCUT2D eigenvalue weighted by Gasteiger charge is -2.28. The van der Waals surface area contributed by atoms with Crippen molar-refractivity contribution in [3.05, 3.63) is 5.82 Å². The van der Waals surface area contributed by atoms with Gasteiger partial charge in [-0.2, -0.15) is 18.3 Å². The molecule has 1 aromatic heterocycles. The monoisotopic (exact) mass is 420 g/mol. The number of nitrogens with two attached hydrogens (primary N) is 1. The minimum Gasteiger partial charge on any atom is -0.330 e. The Balaban J connectivity index is 1.46. The molecular weight excluding hydrogens is 400 g/mol. The molecule has 2 unspecified atom stereocenters. The van der Waals surface area contributed by atoms with Crippen molar-refractivity contribution in [1.82, 2.24) is 35.7 Å². The molecule has 3 rings (SSSR count). The van der Waals surface area contributed by atoms with E-state index in [-0.39, 0.29) is 26.1 Å². The molecule has 2 saturated heterocycles. The third-order valence-corrected chi connectivity index (χ3v) is 4.58. The molecule has 16 heteroatoms. The lowest BCUT2D eigenvalue weighted by atomic mass is 10.0. The molecule has 1 aromatic rings. The van der Waals surface area contributed by atoms with Gasteiger partial charge in [-0.3, -0.25) is 14.2 Å². The second-order valence-corrected chi connectivity index (χ2v) is 7.17. The highest BCUT2D eigenvalue weighted by Crippen LogP contribution is 2.30. The fourth-order valence-corrected chi connectivity index (χ4v) is 3.41. The van der Waals surface area contributed by atoms with Crippen LogP contribution in [0.5, 0.6) is 0 Å². The molecule has 15 nitrogen and oxygen atoms in total. The van der Waals surface area contributed by atoms with Crippen LogP contribution >= 0.6 is 0 Å². The molecule has 0 saturated carbocycles. The van der Waals surface area contributed by atoms with Gasteiger partial charge in [0.1, 0.15) is 6.04 Å². The summed E-state index contributed by atoms with van der Waals surface area (Å²) in [7, 11) is -4.84. The SMILES string of the molecule is NCCc1nnn(CCONC(=O)C2CCC3CN2C(=O)N3OS(=O)(=O)O)n1. The largest absolute Gasteiger partial charge is 0.418 e. The van der Waals surface area contributed by atoms with E-state index in [1.807, 2.05) is 0 Å². The van der Waals surface area contributed by atoms with E-state index in [0.717, 1.165) is 4.90 Å². The summed E-state index contributed by atoms with van der Waals surface area (Å²) in [4.78, 5) is 32.1. The summed E-state index contributed by atoms with van der Waals surface area (Å²) in [6.45, 7) is 0.802. The van der Waals surface area contributed by atoms with E-state index < -0.39 is 34.4 Å².